The van der Waals surface area contributed by atoms with Gasteiger partial charge in [-0.3, -0.25) is 4.90 Å². The Hall–Kier alpha value is -2.57. The van der Waals surface area contributed by atoms with Crippen molar-refractivity contribution in [3.63, 3.8) is 0 Å². The van der Waals surface area contributed by atoms with E-state index >= 15 is 0 Å². The Morgan fingerprint density at radius 3 is 1.94 bits per heavy atom. The van der Waals surface area contributed by atoms with E-state index in [1.807, 2.05) is 32.9 Å². The topological polar surface area (TPSA) is 48.0 Å². The fourth-order valence-electron chi connectivity index (χ4n) is 4.74. The Bertz CT molecular complexity index is 937. The molecule has 3 rings (SSSR count). The second-order valence-corrected chi connectivity index (χ2v) is 15.3. The summed E-state index contributed by atoms with van der Waals surface area (Å²) in [5.41, 5.74) is 0.498. The molecule has 6 heteroatoms. The Balaban J connectivity index is 1.99. The van der Waals surface area contributed by atoms with Crippen molar-refractivity contribution in [1.29, 1.82) is 0 Å². The van der Waals surface area contributed by atoms with Crippen molar-refractivity contribution in [2.45, 2.75) is 64.6 Å². The maximum atomic E-state index is 13.1. The SMILES string of the molecule is CO/C=C1\C[C@@H](CO[Si](c2ccccc2)(c2ccccc2)C(C)(C)C)N(C(=O)OC(C)(C)C)C1. The molecule has 0 saturated carbocycles. The summed E-state index contributed by atoms with van der Waals surface area (Å²) in [6, 6.07) is 21.0. The summed E-state index contributed by atoms with van der Waals surface area (Å²) in [7, 11) is -1.06. The van der Waals surface area contributed by atoms with Crippen molar-refractivity contribution in [3.8, 4) is 0 Å². The van der Waals surface area contributed by atoms with Crippen LogP contribution in [0.4, 0.5) is 4.79 Å². The molecular formula is C28H39NO4Si. The highest BCUT2D eigenvalue weighted by molar-refractivity contribution is 6.99. The molecule has 2 aromatic rings. The first kappa shape index (κ1) is 26.0. The molecular weight excluding hydrogens is 442 g/mol. The summed E-state index contributed by atoms with van der Waals surface area (Å²) in [4.78, 5) is 14.9. The normalized spacial score (nSPS) is 18.3. The molecule has 0 spiro atoms. The molecule has 0 aromatic heterocycles. The van der Waals surface area contributed by atoms with E-state index < -0.39 is 13.9 Å². The summed E-state index contributed by atoms with van der Waals surface area (Å²) in [6.07, 6.45) is 2.12. The lowest BCUT2D eigenvalue weighted by atomic mass is 10.2. The molecule has 1 atom stereocenters. The number of carbonyl (C=O) groups excluding carboxylic acids is 1. The van der Waals surface area contributed by atoms with Crippen LogP contribution >= 0.6 is 0 Å². The van der Waals surface area contributed by atoms with E-state index in [-0.39, 0.29) is 17.2 Å². The summed E-state index contributed by atoms with van der Waals surface area (Å²) < 4.78 is 18.1. The molecule has 34 heavy (non-hydrogen) atoms. The number of likely N-dealkylation sites (tertiary alicyclic amines) is 1. The molecule has 1 saturated heterocycles. The van der Waals surface area contributed by atoms with Gasteiger partial charge in [0.05, 0.1) is 26.0 Å². The average molecular weight is 482 g/mol. The van der Waals surface area contributed by atoms with Crippen LogP contribution in [0.1, 0.15) is 48.0 Å². The minimum atomic E-state index is -2.70. The number of carbonyl (C=O) groups is 1. The van der Waals surface area contributed by atoms with E-state index in [0.29, 0.717) is 19.6 Å². The van der Waals surface area contributed by atoms with E-state index in [1.54, 1.807) is 18.3 Å². The van der Waals surface area contributed by atoms with Crippen LogP contribution in [0, 0.1) is 0 Å². The van der Waals surface area contributed by atoms with E-state index in [0.717, 1.165) is 5.57 Å². The monoisotopic (exact) mass is 481 g/mol. The van der Waals surface area contributed by atoms with Crippen molar-refractivity contribution >= 4 is 24.8 Å². The zero-order chi connectivity index (χ0) is 25.0. The molecule has 0 bridgehead atoms. The van der Waals surface area contributed by atoms with Crippen molar-refractivity contribution < 1.29 is 18.7 Å². The molecule has 1 fully saturated rings. The zero-order valence-electron chi connectivity index (χ0n) is 21.6. The van der Waals surface area contributed by atoms with Gasteiger partial charge in [-0.1, -0.05) is 81.4 Å². The van der Waals surface area contributed by atoms with E-state index in [1.165, 1.54) is 10.4 Å². The number of rotatable bonds is 6. The van der Waals surface area contributed by atoms with Crippen molar-refractivity contribution in [1.82, 2.24) is 4.90 Å². The van der Waals surface area contributed by atoms with Crippen LogP contribution < -0.4 is 10.4 Å². The predicted octanol–water partition coefficient (Wildman–Crippen LogP) is 5.10. The lowest BCUT2D eigenvalue weighted by Crippen LogP contribution is -2.67. The van der Waals surface area contributed by atoms with Gasteiger partial charge >= 0.3 is 6.09 Å². The Morgan fingerprint density at radius 2 is 1.50 bits per heavy atom. The maximum absolute atomic E-state index is 13.1. The predicted molar refractivity (Wildman–Crippen MR) is 140 cm³/mol. The third-order valence-corrected chi connectivity index (χ3v) is 11.1. The van der Waals surface area contributed by atoms with Gasteiger partial charge in [0.2, 0.25) is 0 Å². The fraction of sp³-hybridized carbons (Fsp3) is 0.464. The number of methoxy groups -OCH3 is 1. The lowest BCUT2D eigenvalue weighted by molar-refractivity contribution is 0.0186. The molecule has 184 valence electrons. The second-order valence-electron chi connectivity index (χ2n) is 11.0. The second kappa shape index (κ2) is 10.4. The minimum Gasteiger partial charge on any atom is -0.504 e. The molecule has 1 aliphatic rings. The summed E-state index contributed by atoms with van der Waals surface area (Å²) >= 11 is 0. The fourth-order valence-corrected chi connectivity index (χ4v) is 9.34. The molecule has 0 radical (unpaired) electrons. The summed E-state index contributed by atoms with van der Waals surface area (Å²) in [6.45, 7) is 13.4. The first-order valence-corrected chi connectivity index (χ1v) is 13.8. The number of hydrogen-bond donors (Lipinski definition) is 0. The smallest absolute Gasteiger partial charge is 0.410 e. The highest BCUT2D eigenvalue weighted by atomic mass is 28.4. The minimum absolute atomic E-state index is 0.127. The molecule has 0 aliphatic carbocycles. The van der Waals surface area contributed by atoms with Crippen molar-refractivity contribution in [2.24, 2.45) is 0 Å². The Morgan fingerprint density at radius 1 is 0.971 bits per heavy atom. The first-order valence-electron chi connectivity index (χ1n) is 11.9. The molecule has 1 amide bonds. The summed E-state index contributed by atoms with van der Waals surface area (Å²) in [5.74, 6) is 0. The van der Waals surface area contributed by atoms with Gasteiger partial charge in [0.25, 0.3) is 8.32 Å². The summed E-state index contributed by atoms with van der Waals surface area (Å²) in [5, 5.41) is 2.32. The molecule has 0 N–H and O–H groups in total. The van der Waals surface area contributed by atoms with Gasteiger partial charge in [0.1, 0.15) is 5.60 Å². The first-order chi connectivity index (χ1) is 16.0. The van der Waals surface area contributed by atoms with Gasteiger partial charge in [-0.25, -0.2) is 4.79 Å². The van der Waals surface area contributed by atoms with Crippen LogP contribution in [-0.2, 0) is 13.9 Å². The van der Waals surface area contributed by atoms with Gasteiger partial charge in [-0.15, -0.1) is 0 Å². The number of ether oxygens (including phenoxy) is 2. The number of benzene rings is 2. The van der Waals surface area contributed by atoms with Gasteiger partial charge in [-0.2, -0.15) is 0 Å². The van der Waals surface area contributed by atoms with Crippen LogP contribution in [-0.4, -0.2) is 51.2 Å². The number of amides is 1. The molecule has 1 heterocycles. The third kappa shape index (κ3) is 5.73. The van der Waals surface area contributed by atoms with E-state index in [9.17, 15) is 4.79 Å². The van der Waals surface area contributed by atoms with Crippen LogP contribution in [0.25, 0.3) is 0 Å². The highest BCUT2D eigenvalue weighted by Gasteiger charge is 2.51. The largest absolute Gasteiger partial charge is 0.504 e. The molecule has 1 aliphatic heterocycles. The van der Waals surface area contributed by atoms with Gasteiger partial charge in [0.15, 0.2) is 0 Å². The third-order valence-electron chi connectivity index (χ3n) is 6.13. The Kier molecular flexibility index (Phi) is 7.94. The van der Waals surface area contributed by atoms with Gasteiger partial charge < -0.3 is 13.9 Å². The van der Waals surface area contributed by atoms with E-state index in [2.05, 4.69) is 69.3 Å². The number of hydrogen-bond acceptors (Lipinski definition) is 4. The van der Waals surface area contributed by atoms with Crippen LogP contribution in [0.5, 0.6) is 0 Å². The highest BCUT2D eigenvalue weighted by Crippen LogP contribution is 2.37. The standard InChI is InChI=1S/C28H39NO4Si/c1-27(2,3)33-26(30)29-19-22(20-31-7)18-23(29)21-32-34(28(4,5)6,24-14-10-8-11-15-24)25-16-12-9-13-17-25/h8-17,20,23H,18-19,21H2,1-7H3/b22-20+/t23-/m0/s1. The molecule has 2 aromatic carbocycles. The van der Waals surface area contributed by atoms with Crippen LogP contribution in [0.15, 0.2) is 72.5 Å². The van der Waals surface area contributed by atoms with Gasteiger partial charge in [-0.05, 0) is 48.2 Å². The zero-order valence-corrected chi connectivity index (χ0v) is 22.6. The van der Waals surface area contributed by atoms with Gasteiger partial charge in [0, 0.05) is 6.54 Å². The van der Waals surface area contributed by atoms with Crippen LogP contribution in [0.2, 0.25) is 5.04 Å². The average Bonchev–Trinajstić information content (AvgIpc) is 3.17. The van der Waals surface area contributed by atoms with Crippen molar-refractivity contribution in [2.75, 3.05) is 20.3 Å². The Labute approximate surface area is 205 Å². The number of nitrogens with zero attached hydrogens (tertiary/aromatic N) is 1. The maximum Gasteiger partial charge on any atom is 0.410 e. The lowest BCUT2D eigenvalue weighted by Gasteiger charge is -2.44. The molecule has 5 nitrogen and oxygen atoms in total. The molecule has 0 unspecified atom stereocenters. The quantitative estimate of drug-likeness (QED) is 0.425. The van der Waals surface area contributed by atoms with Crippen molar-refractivity contribution in [3.05, 3.63) is 72.5 Å². The van der Waals surface area contributed by atoms with Crippen LogP contribution in [0.3, 0.4) is 0 Å². The van der Waals surface area contributed by atoms with E-state index in [4.69, 9.17) is 13.9 Å².